The van der Waals surface area contributed by atoms with Gasteiger partial charge in [-0.15, -0.1) is 11.3 Å². The van der Waals surface area contributed by atoms with Crippen molar-refractivity contribution in [1.29, 1.82) is 0 Å². The Kier molecular flexibility index (Phi) is 3.67. The second kappa shape index (κ2) is 4.56. The summed E-state index contributed by atoms with van der Waals surface area (Å²) in [6, 6.07) is 2.09. The first-order valence-corrected chi connectivity index (χ1v) is 5.57. The highest BCUT2D eigenvalue weighted by molar-refractivity contribution is 7.14. The van der Waals surface area contributed by atoms with Gasteiger partial charge in [-0.2, -0.15) is 0 Å². The molecule has 13 heavy (non-hydrogen) atoms. The number of carbonyl (C=O) groups excluding carboxylic acids is 1. The van der Waals surface area contributed by atoms with E-state index in [1.807, 2.05) is 13.8 Å². The third-order valence-corrected chi connectivity index (χ3v) is 3.25. The fourth-order valence-corrected chi connectivity index (χ4v) is 2.36. The van der Waals surface area contributed by atoms with Crippen LogP contribution in [0.5, 0.6) is 0 Å². The molecule has 0 aliphatic rings. The summed E-state index contributed by atoms with van der Waals surface area (Å²) in [6.07, 6.45) is 2.81. The SMILES string of the molecule is CCCCC(=O)c1sc(C)cc1C. The first-order valence-electron chi connectivity index (χ1n) is 4.75. The number of ketones is 1. The van der Waals surface area contributed by atoms with Gasteiger partial charge in [0.15, 0.2) is 5.78 Å². The first kappa shape index (κ1) is 10.5. The van der Waals surface area contributed by atoms with Crippen molar-refractivity contribution in [3.05, 3.63) is 21.4 Å². The molecule has 0 saturated carbocycles. The van der Waals surface area contributed by atoms with Gasteiger partial charge in [-0.1, -0.05) is 13.3 Å². The number of Topliss-reactive ketones (excluding diaryl/α,β-unsaturated/α-hetero) is 1. The fraction of sp³-hybridized carbons (Fsp3) is 0.545. The second-order valence-corrected chi connectivity index (χ2v) is 4.65. The molecular weight excluding hydrogens is 180 g/mol. The van der Waals surface area contributed by atoms with Gasteiger partial charge in [-0.05, 0) is 31.9 Å². The monoisotopic (exact) mass is 196 g/mol. The average molecular weight is 196 g/mol. The zero-order valence-electron chi connectivity index (χ0n) is 8.52. The molecule has 0 amide bonds. The summed E-state index contributed by atoms with van der Waals surface area (Å²) in [5.41, 5.74) is 1.14. The van der Waals surface area contributed by atoms with Gasteiger partial charge in [0.05, 0.1) is 4.88 Å². The van der Waals surface area contributed by atoms with Crippen LogP contribution >= 0.6 is 11.3 Å². The lowest BCUT2D eigenvalue weighted by Gasteiger charge is -1.96. The molecule has 0 spiro atoms. The highest BCUT2D eigenvalue weighted by Crippen LogP contribution is 2.22. The molecule has 1 aromatic heterocycles. The van der Waals surface area contributed by atoms with Crippen molar-refractivity contribution < 1.29 is 4.79 Å². The van der Waals surface area contributed by atoms with Crippen molar-refractivity contribution in [3.63, 3.8) is 0 Å². The maximum atomic E-state index is 11.6. The van der Waals surface area contributed by atoms with E-state index >= 15 is 0 Å². The van der Waals surface area contributed by atoms with Crippen molar-refractivity contribution in [1.82, 2.24) is 0 Å². The van der Waals surface area contributed by atoms with Gasteiger partial charge in [0.2, 0.25) is 0 Å². The summed E-state index contributed by atoms with van der Waals surface area (Å²) in [6.45, 7) is 6.18. The lowest BCUT2D eigenvalue weighted by atomic mass is 10.1. The molecule has 0 bridgehead atoms. The van der Waals surface area contributed by atoms with E-state index in [9.17, 15) is 4.79 Å². The van der Waals surface area contributed by atoms with E-state index in [1.54, 1.807) is 11.3 Å². The Morgan fingerprint density at radius 3 is 2.62 bits per heavy atom. The van der Waals surface area contributed by atoms with Crippen LogP contribution in [0.1, 0.15) is 46.3 Å². The van der Waals surface area contributed by atoms with E-state index in [0.29, 0.717) is 12.2 Å². The number of thiophene rings is 1. The van der Waals surface area contributed by atoms with E-state index in [-0.39, 0.29) is 0 Å². The van der Waals surface area contributed by atoms with Gasteiger partial charge in [0.1, 0.15) is 0 Å². The van der Waals surface area contributed by atoms with Crippen LogP contribution < -0.4 is 0 Å². The Bertz CT molecular complexity index is 299. The third-order valence-electron chi connectivity index (χ3n) is 2.05. The minimum Gasteiger partial charge on any atom is -0.293 e. The van der Waals surface area contributed by atoms with Crippen LogP contribution in [-0.4, -0.2) is 5.78 Å². The molecule has 1 nitrogen and oxygen atoms in total. The van der Waals surface area contributed by atoms with Crippen molar-refractivity contribution in [3.8, 4) is 0 Å². The number of aryl methyl sites for hydroxylation is 2. The molecule has 0 atom stereocenters. The minimum atomic E-state index is 0.317. The van der Waals surface area contributed by atoms with E-state index < -0.39 is 0 Å². The maximum Gasteiger partial charge on any atom is 0.173 e. The Balaban J connectivity index is 2.70. The van der Waals surface area contributed by atoms with Gasteiger partial charge in [-0.3, -0.25) is 4.79 Å². The molecule has 1 heterocycles. The van der Waals surface area contributed by atoms with Gasteiger partial charge < -0.3 is 0 Å². The van der Waals surface area contributed by atoms with Crippen LogP contribution in [0.2, 0.25) is 0 Å². The smallest absolute Gasteiger partial charge is 0.173 e. The summed E-state index contributed by atoms with van der Waals surface area (Å²) in [5.74, 6) is 0.317. The number of unbranched alkanes of at least 4 members (excludes halogenated alkanes) is 1. The largest absolute Gasteiger partial charge is 0.293 e. The van der Waals surface area contributed by atoms with Crippen LogP contribution in [0.3, 0.4) is 0 Å². The van der Waals surface area contributed by atoms with Crippen LogP contribution in [0.25, 0.3) is 0 Å². The summed E-state index contributed by atoms with van der Waals surface area (Å²) in [7, 11) is 0. The van der Waals surface area contributed by atoms with Crippen molar-refractivity contribution in [2.75, 3.05) is 0 Å². The molecule has 0 aliphatic carbocycles. The highest BCUT2D eigenvalue weighted by atomic mass is 32.1. The molecule has 0 aromatic carbocycles. The van der Waals surface area contributed by atoms with Crippen LogP contribution in [-0.2, 0) is 0 Å². The fourth-order valence-electron chi connectivity index (χ4n) is 1.37. The molecular formula is C11H16OS. The van der Waals surface area contributed by atoms with Gasteiger partial charge in [0.25, 0.3) is 0 Å². The van der Waals surface area contributed by atoms with Gasteiger partial charge in [-0.25, -0.2) is 0 Å². The Morgan fingerprint density at radius 2 is 2.15 bits per heavy atom. The predicted molar refractivity (Wildman–Crippen MR) is 57.6 cm³/mol. The standard InChI is InChI=1S/C11H16OS/c1-4-5-6-10(12)11-8(2)7-9(3)13-11/h7H,4-6H2,1-3H3. The van der Waals surface area contributed by atoms with E-state index in [4.69, 9.17) is 0 Å². The number of rotatable bonds is 4. The van der Waals surface area contributed by atoms with Crippen LogP contribution in [0.4, 0.5) is 0 Å². The molecule has 0 aliphatic heterocycles. The Labute approximate surface area is 83.8 Å². The molecule has 2 heteroatoms. The number of hydrogen-bond donors (Lipinski definition) is 0. The van der Waals surface area contributed by atoms with Gasteiger partial charge >= 0.3 is 0 Å². The van der Waals surface area contributed by atoms with E-state index in [1.165, 1.54) is 4.88 Å². The van der Waals surface area contributed by atoms with Crippen LogP contribution in [0, 0.1) is 13.8 Å². The van der Waals surface area contributed by atoms with Crippen molar-refractivity contribution in [2.24, 2.45) is 0 Å². The quantitative estimate of drug-likeness (QED) is 0.670. The van der Waals surface area contributed by atoms with Crippen LogP contribution in [0.15, 0.2) is 6.07 Å². The summed E-state index contributed by atoms with van der Waals surface area (Å²) in [4.78, 5) is 13.8. The molecule has 0 unspecified atom stereocenters. The number of hydrogen-bond acceptors (Lipinski definition) is 2. The topological polar surface area (TPSA) is 17.1 Å². The Morgan fingerprint density at radius 1 is 1.46 bits per heavy atom. The molecule has 0 N–H and O–H groups in total. The molecule has 0 fully saturated rings. The van der Waals surface area contributed by atoms with Crippen molar-refractivity contribution in [2.45, 2.75) is 40.0 Å². The first-order chi connectivity index (χ1) is 6.15. The summed E-state index contributed by atoms with van der Waals surface area (Å²) in [5, 5.41) is 0. The molecule has 0 radical (unpaired) electrons. The molecule has 0 saturated heterocycles. The van der Waals surface area contributed by atoms with E-state index in [0.717, 1.165) is 23.3 Å². The minimum absolute atomic E-state index is 0.317. The highest BCUT2D eigenvalue weighted by Gasteiger charge is 2.10. The third kappa shape index (κ3) is 2.66. The zero-order valence-corrected chi connectivity index (χ0v) is 9.33. The van der Waals surface area contributed by atoms with Crippen molar-refractivity contribution >= 4 is 17.1 Å². The average Bonchev–Trinajstić information content (AvgIpc) is 2.41. The lowest BCUT2D eigenvalue weighted by Crippen LogP contribution is -1.96. The summed E-state index contributed by atoms with van der Waals surface area (Å²) < 4.78 is 0. The Hall–Kier alpha value is -0.630. The number of carbonyl (C=O) groups is 1. The van der Waals surface area contributed by atoms with Gasteiger partial charge in [0, 0.05) is 11.3 Å². The second-order valence-electron chi connectivity index (χ2n) is 3.40. The zero-order chi connectivity index (χ0) is 9.84. The lowest BCUT2D eigenvalue weighted by molar-refractivity contribution is 0.0983. The summed E-state index contributed by atoms with van der Waals surface area (Å²) >= 11 is 1.62. The molecule has 1 aromatic rings. The molecule has 1 rings (SSSR count). The van der Waals surface area contributed by atoms with E-state index in [2.05, 4.69) is 13.0 Å². The predicted octanol–water partition coefficient (Wildman–Crippen LogP) is 3.74. The normalized spacial score (nSPS) is 10.4. The maximum absolute atomic E-state index is 11.6. The molecule has 72 valence electrons.